The second kappa shape index (κ2) is 7.94. The van der Waals surface area contributed by atoms with Crippen molar-refractivity contribution in [2.24, 2.45) is 5.92 Å². The molecule has 3 heterocycles. The van der Waals surface area contributed by atoms with Gasteiger partial charge in [0.2, 0.25) is 11.8 Å². The molecule has 0 saturated carbocycles. The third-order valence-corrected chi connectivity index (χ3v) is 6.05. The molecule has 160 valence electrons. The van der Waals surface area contributed by atoms with E-state index in [1.165, 1.54) is 5.56 Å². The first kappa shape index (κ1) is 20.7. The van der Waals surface area contributed by atoms with Gasteiger partial charge >= 0.3 is 0 Å². The maximum Gasteiger partial charge on any atom is 0.250 e. The van der Waals surface area contributed by atoms with Gasteiger partial charge in [-0.05, 0) is 63.4 Å². The molecule has 1 atom stereocenters. The van der Waals surface area contributed by atoms with Gasteiger partial charge in [-0.2, -0.15) is 5.10 Å². The van der Waals surface area contributed by atoms with Gasteiger partial charge in [-0.15, -0.1) is 0 Å². The van der Waals surface area contributed by atoms with Crippen molar-refractivity contribution in [3.05, 3.63) is 58.7 Å². The number of nitrogens with zero attached hydrogens (tertiary/aromatic N) is 5. The molecule has 8 nitrogen and oxygen atoms in total. The van der Waals surface area contributed by atoms with Crippen LogP contribution < -0.4 is 10.2 Å². The molecular weight excluding hydrogens is 392 g/mol. The number of hydrogen-bond acceptors (Lipinski definition) is 5. The van der Waals surface area contributed by atoms with Crippen LogP contribution >= 0.6 is 0 Å². The molecule has 1 N–H and O–H groups in total. The molecule has 2 aromatic heterocycles. The molecule has 1 aromatic carbocycles. The van der Waals surface area contributed by atoms with E-state index >= 15 is 0 Å². The lowest BCUT2D eigenvalue weighted by Crippen LogP contribution is -2.28. The zero-order valence-corrected chi connectivity index (χ0v) is 18.4. The molecule has 0 spiro atoms. The topological polar surface area (TPSA) is 93.0 Å². The van der Waals surface area contributed by atoms with Gasteiger partial charge in [0.15, 0.2) is 0 Å². The van der Waals surface area contributed by atoms with E-state index in [0.29, 0.717) is 18.2 Å². The third-order valence-electron chi connectivity index (χ3n) is 6.05. The lowest BCUT2D eigenvalue weighted by Gasteiger charge is -2.18. The molecule has 0 bridgehead atoms. The maximum absolute atomic E-state index is 12.8. The number of anilines is 2. The highest BCUT2D eigenvalue weighted by Gasteiger charge is 2.35. The van der Waals surface area contributed by atoms with Gasteiger partial charge in [0.25, 0.3) is 5.95 Å². The number of nitrogens with one attached hydrogen (secondary N) is 1. The fourth-order valence-electron chi connectivity index (χ4n) is 3.68. The van der Waals surface area contributed by atoms with E-state index in [0.717, 1.165) is 28.2 Å². The summed E-state index contributed by atoms with van der Waals surface area (Å²) in [6.45, 7) is 10.3. The summed E-state index contributed by atoms with van der Waals surface area (Å²) >= 11 is 0. The van der Waals surface area contributed by atoms with Crippen molar-refractivity contribution in [2.75, 3.05) is 16.8 Å². The summed E-state index contributed by atoms with van der Waals surface area (Å²) in [4.78, 5) is 35.6. The minimum atomic E-state index is -0.424. The zero-order chi connectivity index (χ0) is 22.3. The predicted octanol–water partition coefficient (Wildman–Crippen LogP) is 3.20. The Morgan fingerprint density at radius 2 is 1.77 bits per heavy atom. The highest BCUT2D eigenvalue weighted by atomic mass is 16.2. The van der Waals surface area contributed by atoms with Crippen LogP contribution in [0.25, 0.3) is 5.95 Å². The van der Waals surface area contributed by atoms with E-state index < -0.39 is 5.92 Å². The number of carbonyl (C=O) groups is 2. The van der Waals surface area contributed by atoms with Crippen LogP contribution in [0.5, 0.6) is 0 Å². The van der Waals surface area contributed by atoms with Crippen LogP contribution in [0.1, 0.15) is 34.5 Å². The monoisotopic (exact) mass is 418 g/mol. The standard InChI is InChI=1S/C23H26N6O2/c1-13-6-7-20(8-14(13)2)28-12-18(9-21(28)30)22(31)26-19-10-24-23(25-11-19)29-17(5)15(3)16(4)27-29/h6-8,10-11,18H,9,12H2,1-5H3,(H,26,31). The fourth-order valence-corrected chi connectivity index (χ4v) is 3.68. The smallest absolute Gasteiger partial charge is 0.250 e. The molecule has 3 aromatic rings. The van der Waals surface area contributed by atoms with Gasteiger partial charge in [0, 0.05) is 24.3 Å². The Kier molecular flexibility index (Phi) is 5.31. The normalized spacial score (nSPS) is 16.1. The van der Waals surface area contributed by atoms with Crippen LogP contribution in [0.4, 0.5) is 11.4 Å². The number of carbonyl (C=O) groups excluding carboxylic acids is 2. The summed E-state index contributed by atoms with van der Waals surface area (Å²) in [5, 5.41) is 7.29. The molecule has 1 aliphatic rings. The maximum atomic E-state index is 12.8. The van der Waals surface area contributed by atoms with E-state index in [-0.39, 0.29) is 18.2 Å². The van der Waals surface area contributed by atoms with Crippen molar-refractivity contribution in [3.63, 3.8) is 0 Å². The zero-order valence-electron chi connectivity index (χ0n) is 18.4. The Bertz CT molecular complexity index is 1170. The molecule has 0 aliphatic carbocycles. The van der Waals surface area contributed by atoms with Crippen molar-refractivity contribution < 1.29 is 9.59 Å². The molecule has 0 radical (unpaired) electrons. The summed E-state index contributed by atoms with van der Waals surface area (Å²) in [5.74, 6) is -0.232. The number of benzene rings is 1. The number of aryl methyl sites for hydroxylation is 3. The van der Waals surface area contributed by atoms with Crippen LogP contribution in [0.3, 0.4) is 0 Å². The van der Waals surface area contributed by atoms with Crippen LogP contribution in [0.2, 0.25) is 0 Å². The lowest BCUT2D eigenvalue weighted by atomic mass is 10.1. The molecule has 31 heavy (non-hydrogen) atoms. The largest absolute Gasteiger partial charge is 0.323 e. The summed E-state index contributed by atoms with van der Waals surface area (Å²) in [5.41, 5.74) is 6.61. The quantitative estimate of drug-likeness (QED) is 0.702. The molecule has 8 heteroatoms. The fraction of sp³-hybridized carbons (Fsp3) is 0.348. The molecule has 4 rings (SSSR count). The van der Waals surface area contributed by atoms with Crippen LogP contribution in [-0.4, -0.2) is 38.1 Å². The first-order valence-corrected chi connectivity index (χ1v) is 10.3. The Labute approximate surface area is 181 Å². The summed E-state index contributed by atoms with van der Waals surface area (Å²) in [6.07, 6.45) is 3.30. The second-order valence-electron chi connectivity index (χ2n) is 8.14. The summed E-state index contributed by atoms with van der Waals surface area (Å²) in [7, 11) is 0. The first-order valence-electron chi connectivity index (χ1n) is 10.3. The van der Waals surface area contributed by atoms with Crippen LogP contribution in [0.15, 0.2) is 30.6 Å². The van der Waals surface area contributed by atoms with Crippen LogP contribution in [0, 0.1) is 40.5 Å². The molecule has 1 fully saturated rings. The lowest BCUT2D eigenvalue weighted by molar-refractivity contribution is -0.122. The van der Waals surface area contributed by atoms with Crippen molar-refractivity contribution in [1.29, 1.82) is 0 Å². The van der Waals surface area contributed by atoms with E-state index in [2.05, 4.69) is 20.4 Å². The predicted molar refractivity (Wildman–Crippen MR) is 118 cm³/mol. The molecule has 1 unspecified atom stereocenters. The Balaban J connectivity index is 1.44. The average Bonchev–Trinajstić information content (AvgIpc) is 3.26. The van der Waals surface area contributed by atoms with Crippen molar-refractivity contribution in [3.8, 4) is 5.95 Å². The number of aromatic nitrogens is 4. The Hall–Kier alpha value is -3.55. The highest BCUT2D eigenvalue weighted by Crippen LogP contribution is 2.27. The summed E-state index contributed by atoms with van der Waals surface area (Å²) in [6, 6.07) is 5.91. The van der Waals surface area contributed by atoms with Gasteiger partial charge in [0.05, 0.1) is 29.7 Å². The summed E-state index contributed by atoms with van der Waals surface area (Å²) < 4.78 is 1.69. The third kappa shape index (κ3) is 3.93. The van der Waals surface area contributed by atoms with Crippen molar-refractivity contribution in [2.45, 2.75) is 41.0 Å². The van der Waals surface area contributed by atoms with E-state index in [4.69, 9.17) is 0 Å². The molecule has 1 saturated heterocycles. The number of hydrogen-bond donors (Lipinski definition) is 1. The van der Waals surface area contributed by atoms with Crippen molar-refractivity contribution in [1.82, 2.24) is 19.7 Å². The average molecular weight is 419 g/mol. The van der Waals surface area contributed by atoms with E-state index in [1.807, 2.05) is 52.8 Å². The van der Waals surface area contributed by atoms with Gasteiger partial charge in [0.1, 0.15) is 0 Å². The highest BCUT2D eigenvalue weighted by molar-refractivity contribution is 6.03. The number of rotatable bonds is 4. The van der Waals surface area contributed by atoms with Gasteiger partial charge in [-0.25, -0.2) is 14.6 Å². The van der Waals surface area contributed by atoms with Crippen molar-refractivity contribution >= 4 is 23.2 Å². The second-order valence-corrected chi connectivity index (χ2v) is 8.14. The minimum Gasteiger partial charge on any atom is -0.323 e. The van der Waals surface area contributed by atoms with Crippen LogP contribution in [-0.2, 0) is 9.59 Å². The first-order chi connectivity index (χ1) is 14.7. The Morgan fingerprint density at radius 3 is 2.39 bits per heavy atom. The minimum absolute atomic E-state index is 0.0464. The van der Waals surface area contributed by atoms with Gasteiger partial charge in [-0.3, -0.25) is 9.59 Å². The Morgan fingerprint density at radius 1 is 1.06 bits per heavy atom. The van der Waals surface area contributed by atoms with E-state index in [9.17, 15) is 9.59 Å². The van der Waals surface area contributed by atoms with Gasteiger partial charge < -0.3 is 10.2 Å². The van der Waals surface area contributed by atoms with E-state index in [1.54, 1.807) is 22.0 Å². The molecule has 2 amide bonds. The number of amides is 2. The SMILES string of the molecule is Cc1ccc(N2CC(C(=O)Nc3cnc(-n4nc(C)c(C)c4C)nc3)CC2=O)cc1C. The molecular formula is C23H26N6O2. The molecule has 1 aliphatic heterocycles. The van der Waals surface area contributed by atoms with Gasteiger partial charge in [-0.1, -0.05) is 6.07 Å².